The van der Waals surface area contributed by atoms with Gasteiger partial charge >= 0.3 is 6.03 Å². The number of carbonyl (C=O) groups excluding carboxylic acids is 2. The maximum absolute atomic E-state index is 11.3. The van der Waals surface area contributed by atoms with Gasteiger partial charge in [0.15, 0.2) is 0 Å². The molecular formula is C10H6I2N2O3. The van der Waals surface area contributed by atoms with Crippen molar-refractivity contribution in [3.63, 3.8) is 0 Å². The first kappa shape index (κ1) is 12.6. The predicted molar refractivity (Wildman–Crippen MR) is 78.2 cm³/mol. The van der Waals surface area contributed by atoms with Gasteiger partial charge in [0.2, 0.25) is 0 Å². The molecule has 0 saturated carbocycles. The number of nitrogens with one attached hydrogen (secondary N) is 2. The van der Waals surface area contributed by atoms with E-state index in [0.29, 0.717) is 9.13 Å². The Morgan fingerprint density at radius 2 is 1.88 bits per heavy atom. The first-order valence-electron chi connectivity index (χ1n) is 4.49. The Balaban J connectivity index is 2.46. The number of aromatic hydroxyl groups is 1. The van der Waals surface area contributed by atoms with Gasteiger partial charge in [0, 0.05) is 9.13 Å². The molecule has 0 atom stereocenters. The topological polar surface area (TPSA) is 78.4 Å². The van der Waals surface area contributed by atoms with E-state index < -0.39 is 11.9 Å². The van der Waals surface area contributed by atoms with Crippen molar-refractivity contribution in [2.75, 3.05) is 0 Å². The van der Waals surface area contributed by atoms with Crippen molar-refractivity contribution in [3.8, 4) is 5.75 Å². The van der Waals surface area contributed by atoms with E-state index in [1.807, 2.05) is 28.7 Å². The van der Waals surface area contributed by atoms with Crippen molar-refractivity contribution in [1.29, 1.82) is 0 Å². The third kappa shape index (κ3) is 2.70. The molecule has 3 N–H and O–H groups in total. The van der Waals surface area contributed by atoms with E-state index in [4.69, 9.17) is 0 Å². The minimum absolute atomic E-state index is 0.0902. The summed E-state index contributed by atoms with van der Waals surface area (Å²) in [5, 5.41) is 14.3. The van der Waals surface area contributed by atoms with Gasteiger partial charge in [0.05, 0.1) is 3.57 Å². The summed E-state index contributed by atoms with van der Waals surface area (Å²) < 4.78 is 1.62. The van der Waals surface area contributed by atoms with Crippen molar-refractivity contribution in [1.82, 2.24) is 10.6 Å². The van der Waals surface area contributed by atoms with Crippen molar-refractivity contribution in [2.45, 2.75) is 0 Å². The third-order valence-electron chi connectivity index (χ3n) is 2.08. The Morgan fingerprint density at radius 1 is 1.18 bits per heavy atom. The van der Waals surface area contributed by atoms with Gasteiger partial charge in [-0.25, -0.2) is 4.79 Å². The highest BCUT2D eigenvalue weighted by atomic mass is 127. The van der Waals surface area contributed by atoms with E-state index in [-0.39, 0.29) is 11.4 Å². The molecule has 0 radical (unpaired) electrons. The summed E-state index contributed by atoms with van der Waals surface area (Å²) in [5.41, 5.74) is 0.622. The van der Waals surface area contributed by atoms with E-state index in [9.17, 15) is 14.7 Å². The maximum atomic E-state index is 11.3. The Bertz CT molecular complexity index is 555. The second-order valence-corrected chi connectivity index (χ2v) is 5.70. The van der Waals surface area contributed by atoms with Gasteiger partial charge < -0.3 is 10.4 Å². The number of urea groups is 1. The zero-order chi connectivity index (χ0) is 12.6. The average Bonchev–Trinajstić information content (AvgIpc) is 2.53. The highest BCUT2D eigenvalue weighted by molar-refractivity contribution is 14.1. The fourth-order valence-electron chi connectivity index (χ4n) is 1.33. The van der Waals surface area contributed by atoms with Gasteiger partial charge in [-0.2, -0.15) is 0 Å². The van der Waals surface area contributed by atoms with Crippen molar-refractivity contribution in [3.05, 3.63) is 30.5 Å². The minimum atomic E-state index is -0.555. The van der Waals surface area contributed by atoms with Crippen LogP contribution in [0.3, 0.4) is 0 Å². The van der Waals surface area contributed by atoms with Crippen molar-refractivity contribution < 1.29 is 14.7 Å². The number of carbonyl (C=O) groups is 2. The molecule has 0 aliphatic carbocycles. The van der Waals surface area contributed by atoms with Crippen molar-refractivity contribution >= 4 is 63.2 Å². The van der Waals surface area contributed by atoms with Crippen LogP contribution in [-0.4, -0.2) is 17.0 Å². The van der Waals surface area contributed by atoms with Gasteiger partial charge in [0.25, 0.3) is 5.91 Å². The lowest BCUT2D eigenvalue weighted by atomic mass is 10.1. The first-order valence-corrected chi connectivity index (χ1v) is 6.65. The molecule has 0 unspecified atom stereocenters. The van der Waals surface area contributed by atoms with Gasteiger partial charge in [-0.1, -0.05) is 0 Å². The molecule has 1 aliphatic rings. The molecule has 1 aliphatic heterocycles. The van der Waals surface area contributed by atoms with E-state index in [0.717, 1.165) is 3.57 Å². The summed E-state index contributed by atoms with van der Waals surface area (Å²) in [6, 6.07) is 2.98. The number of hydrogen-bond acceptors (Lipinski definition) is 3. The third-order valence-corrected chi connectivity index (χ3v) is 3.52. The molecule has 0 bridgehead atoms. The summed E-state index contributed by atoms with van der Waals surface area (Å²) in [7, 11) is 0. The average molecular weight is 456 g/mol. The summed E-state index contributed by atoms with van der Waals surface area (Å²) in [5.74, 6) is -0.407. The number of halogens is 2. The second kappa shape index (κ2) is 4.80. The minimum Gasteiger partial charge on any atom is -0.506 e. The second-order valence-electron chi connectivity index (χ2n) is 3.29. The molecule has 2 rings (SSSR count). The van der Waals surface area contributed by atoms with Crippen LogP contribution in [-0.2, 0) is 4.79 Å². The smallest absolute Gasteiger partial charge is 0.326 e. The predicted octanol–water partition coefficient (Wildman–Crippen LogP) is 1.78. The zero-order valence-corrected chi connectivity index (χ0v) is 12.6. The molecule has 88 valence electrons. The Kier molecular flexibility index (Phi) is 3.56. The molecular weight excluding hydrogens is 450 g/mol. The molecule has 1 fully saturated rings. The summed E-state index contributed by atoms with van der Waals surface area (Å²) >= 11 is 4.11. The van der Waals surface area contributed by atoms with E-state index >= 15 is 0 Å². The highest BCUT2D eigenvalue weighted by Crippen LogP contribution is 2.28. The van der Waals surface area contributed by atoms with E-state index in [2.05, 4.69) is 33.2 Å². The van der Waals surface area contributed by atoms with Crippen LogP contribution in [0.2, 0.25) is 0 Å². The number of hydrogen-bond donors (Lipinski definition) is 3. The first-order chi connectivity index (χ1) is 7.97. The molecule has 5 nitrogen and oxygen atoms in total. The number of amides is 3. The van der Waals surface area contributed by atoms with Crippen LogP contribution in [0.1, 0.15) is 5.56 Å². The lowest BCUT2D eigenvalue weighted by Crippen LogP contribution is -2.22. The Labute approximate surface area is 124 Å². The number of phenols is 1. The van der Waals surface area contributed by atoms with Crippen LogP contribution >= 0.6 is 45.2 Å². The number of rotatable bonds is 1. The van der Waals surface area contributed by atoms with Gasteiger partial charge in [-0.3, -0.25) is 10.1 Å². The standard InChI is InChI=1S/C10H6I2N2O3/c11-5-1-4(8(15)6(12)3-5)2-7-9(16)14-10(17)13-7/h1-3,15H,(H2,13,14,16,17). The number of benzene rings is 1. The van der Waals surface area contributed by atoms with Gasteiger partial charge in [-0.05, 0) is 63.4 Å². The molecule has 1 aromatic rings. The largest absolute Gasteiger partial charge is 0.506 e. The lowest BCUT2D eigenvalue weighted by molar-refractivity contribution is -0.115. The normalized spacial score (nSPS) is 17.2. The number of imide groups is 1. The molecule has 7 heteroatoms. The molecule has 0 aromatic heterocycles. The van der Waals surface area contributed by atoms with Crippen LogP contribution in [0.25, 0.3) is 6.08 Å². The van der Waals surface area contributed by atoms with Crippen LogP contribution in [0, 0.1) is 7.14 Å². The van der Waals surface area contributed by atoms with Crippen LogP contribution in [0.4, 0.5) is 4.79 Å². The molecule has 1 saturated heterocycles. The summed E-state index contributed by atoms with van der Waals surface area (Å²) in [4.78, 5) is 22.2. The fraction of sp³-hybridized carbons (Fsp3) is 0. The molecule has 0 spiro atoms. The monoisotopic (exact) mass is 456 g/mol. The van der Waals surface area contributed by atoms with Crippen LogP contribution < -0.4 is 10.6 Å². The molecule has 1 aromatic carbocycles. The van der Waals surface area contributed by atoms with Gasteiger partial charge in [0.1, 0.15) is 11.4 Å². The van der Waals surface area contributed by atoms with Crippen molar-refractivity contribution in [2.24, 2.45) is 0 Å². The van der Waals surface area contributed by atoms with E-state index in [1.165, 1.54) is 6.08 Å². The maximum Gasteiger partial charge on any atom is 0.326 e. The van der Waals surface area contributed by atoms with E-state index in [1.54, 1.807) is 6.07 Å². The lowest BCUT2D eigenvalue weighted by Gasteiger charge is -2.04. The molecule has 1 heterocycles. The molecule has 3 amide bonds. The SMILES string of the molecule is O=C1NC(=O)C(=Cc2cc(I)cc(I)c2O)N1. The quantitative estimate of drug-likeness (QED) is 0.343. The highest BCUT2D eigenvalue weighted by Gasteiger charge is 2.23. The molecule has 17 heavy (non-hydrogen) atoms. The zero-order valence-electron chi connectivity index (χ0n) is 8.25. The van der Waals surface area contributed by atoms with Crippen LogP contribution in [0.5, 0.6) is 5.75 Å². The summed E-state index contributed by atoms with van der Waals surface area (Å²) in [6.45, 7) is 0. The Hall–Kier alpha value is -0.840. The van der Waals surface area contributed by atoms with Crippen LogP contribution in [0.15, 0.2) is 17.8 Å². The van der Waals surface area contributed by atoms with Gasteiger partial charge in [-0.15, -0.1) is 0 Å². The summed E-state index contributed by atoms with van der Waals surface area (Å²) in [6.07, 6.45) is 1.44. The number of phenolic OH excluding ortho intramolecular Hbond substituents is 1. The fourth-order valence-corrected chi connectivity index (χ4v) is 3.22. The Morgan fingerprint density at radius 3 is 2.47 bits per heavy atom.